The van der Waals surface area contributed by atoms with E-state index in [2.05, 4.69) is 15.9 Å². The largest absolute Gasteiger partial charge is 0.324 e. The van der Waals surface area contributed by atoms with E-state index in [-0.39, 0.29) is 5.56 Å². The van der Waals surface area contributed by atoms with Gasteiger partial charge in [-0.3, -0.25) is 0 Å². The van der Waals surface area contributed by atoms with Crippen LogP contribution in [0.15, 0.2) is 10.5 Å². The minimum atomic E-state index is -1.23. The van der Waals surface area contributed by atoms with Gasteiger partial charge in [-0.25, -0.2) is 13.2 Å². The molecule has 72 valence electrons. The molecule has 0 spiro atoms. The molecule has 0 heterocycles. The summed E-state index contributed by atoms with van der Waals surface area (Å²) in [5, 5.41) is 0. The van der Waals surface area contributed by atoms with Crippen molar-refractivity contribution >= 4 is 15.9 Å². The van der Waals surface area contributed by atoms with Gasteiger partial charge in [0.25, 0.3) is 0 Å². The molecule has 0 aliphatic heterocycles. The van der Waals surface area contributed by atoms with Crippen LogP contribution in [0.5, 0.6) is 0 Å². The Balaban J connectivity index is 3.41. The number of hydrogen-bond donors (Lipinski definition) is 1. The van der Waals surface area contributed by atoms with Gasteiger partial charge in [0, 0.05) is 11.6 Å². The Bertz CT molecular complexity index is 339. The highest BCUT2D eigenvalue weighted by Gasteiger charge is 2.18. The van der Waals surface area contributed by atoms with Crippen LogP contribution >= 0.6 is 15.9 Å². The van der Waals surface area contributed by atoms with Crippen LogP contribution in [0.25, 0.3) is 0 Å². The molecule has 1 atom stereocenters. The lowest BCUT2D eigenvalue weighted by Crippen LogP contribution is -2.09. The van der Waals surface area contributed by atoms with E-state index < -0.39 is 28.0 Å². The van der Waals surface area contributed by atoms with E-state index in [9.17, 15) is 13.2 Å². The average Bonchev–Trinajstić information content (AvgIpc) is 2.07. The van der Waals surface area contributed by atoms with Crippen molar-refractivity contribution in [3.63, 3.8) is 0 Å². The van der Waals surface area contributed by atoms with Crippen LogP contribution < -0.4 is 5.73 Å². The summed E-state index contributed by atoms with van der Waals surface area (Å²) in [6.45, 7) is 1.49. The second-order valence-corrected chi connectivity index (χ2v) is 3.47. The summed E-state index contributed by atoms with van der Waals surface area (Å²) in [4.78, 5) is 0. The van der Waals surface area contributed by atoms with Crippen LogP contribution in [0, 0.1) is 17.5 Å². The van der Waals surface area contributed by atoms with Gasteiger partial charge in [-0.05, 0) is 28.9 Å². The lowest BCUT2D eigenvalue weighted by Gasteiger charge is -2.09. The van der Waals surface area contributed by atoms with E-state index in [4.69, 9.17) is 5.73 Å². The first-order valence-corrected chi connectivity index (χ1v) is 4.33. The van der Waals surface area contributed by atoms with Crippen LogP contribution in [0.4, 0.5) is 13.2 Å². The molecule has 2 N–H and O–H groups in total. The minimum absolute atomic E-state index is 0.0502. The fourth-order valence-corrected chi connectivity index (χ4v) is 1.34. The van der Waals surface area contributed by atoms with Gasteiger partial charge < -0.3 is 5.73 Å². The summed E-state index contributed by atoms with van der Waals surface area (Å²) >= 11 is 2.60. The Labute approximate surface area is 81.9 Å². The summed E-state index contributed by atoms with van der Waals surface area (Å²) in [5.74, 6) is -3.20. The Morgan fingerprint density at radius 1 is 1.31 bits per heavy atom. The SMILES string of the molecule is CC(N)c1cc(F)c(F)c(Br)c1F. The molecule has 1 aromatic rings. The predicted molar refractivity (Wildman–Crippen MR) is 46.6 cm³/mol. The quantitative estimate of drug-likeness (QED) is 0.605. The highest BCUT2D eigenvalue weighted by Crippen LogP contribution is 2.27. The van der Waals surface area contributed by atoms with Crippen molar-refractivity contribution in [1.82, 2.24) is 0 Å². The van der Waals surface area contributed by atoms with Crippen molar-refractivity contribution in [2.24, 2.45) is 5.73 Å². The zero-order chi connectivity index (χ0) is 10.2. The number of rotatable bonds is 1. The van der Waals surface area contributed by atoms with Crippen LogP contribution in [0.3, 0.4) is 0 Å². The molecule has 0 radical (unpaired) electrons. The molecule has 0 saturated heterocycles. The number of hydrogen-bond acceptors (Lipinski definition) is 1. The zero-order valence-electron chi connectivity index (χ0n) is 6.74. The Morgan fingerprint density at radius 3 is 2.31 bits per heavy atom. The Kier molecular flexibility index (Phi) is 2.98. The normalized spacial score (nSPS) is 13.1. The molecule has 0 aliphatic rings. The maximum Gasteiger partial charge on any atom is 0.175 e. The Hall–Kier alpha value is -0.550. The van der Waals surface area contributed by atoms with Gasteiger partial charge in [0.05, 0.1) is 4.47 Å². The molecule has 0 bridgehead atoms. The summed E-state index contributed by atoms with van der Waals surface area (Å²) in [6.07, 6.45) is 0. The third-order valence-corrected chi connectivity index (χ3v) is 2.32. The monoisotopic (exact) mass is 253 g/mol. The van der Waals surface area contributed by atoms with Gasteiger partial charge in [-0.2, -0.15) is 0 Å². The maximum absolute atomic E-state index is 13.2. The lowest BCUT2D eigenvalue weighted by atomic mass is 10.1. The third-order valence-electron chi connectivity index (χ3n) is 1.62. The highest BCUT2D eigenvalue weighted by atomic mass is 79.9. The van der Waals surface area contributed by atoms with E-state index >= 15 is 0 Å². The summed E-state index contributed by atoms with van der Waals surface area (Å²) in [6, 6.07) is 0.0894. The molecule has 1 rings (SSSR count). The van der Waals surface area contributed by atoms with E-state index in [1.54, 1.807) is 0 Å². The maximum atomic E-state index is 13.2. The van der Waals surface area contributed by atoms with E-state index in [0.29, 0.717) is 0 Å². The second kappa shape index (κ2) is 3.67. The van der Waals surface area contributed by atoms with Gasteiger partial charge in [-0.1, -0.05) is 0 Å². The first-order chi connectivity index (χ1) is 5.95. The molecular formula is C8H7BrF3N. The molecule has 0 fully saturated rings. The second-order valence-electron chi connectivity index (χ2n) is 2.68. The number of benzene rings is 1. The van der Waals surface area contributed by atoms with Crippen LogP contribution in [-0.2, 0) is 0 Å². The highest BCUT2D eigenvalue weighted by molar-refractivity contribution is 9.10. The molecule has 0 aliphatic carbocycles. The first-order valence-electron chi connectivity index (χ1n) is 3.53. The topological polar surface area (TPSA) is 26.0 Å². The fourth-order valence-electron chi connectivity index (χ4n) is 0.922. The predicted octanol–water partition coefficient (Wildman–Crippen LogP) is 2.89. The van der Waals surface area contributed by atoms with Crippen molar-refractivity contribution in [2.75, 3.05) is 0 Å². The van der Waals surface area contributed by atoms with Crippen LogP contribution in [-0.4, -0.2) is 0 Å². The van der Waals surface area contributed by atoms with Crippen LogP contribution in [0.1, 0.15) is 18.5 Å². The zero-order valence-corrected chi connectivity index (χ0v) is 8.33. The first kappa shape index (κ1) is 10.5. The Morgan fingerprint density at radius 2 is 1.85 bits per heavy atom. The number of halogens is 4. The molecule has 1 nitrogen and oxygen atoms in total. The summed E-state index contributed by atoms with van der Waals surface area (Å²) in [5.41, 5.74) is 5.30. The standard InChI is InChI=1S/C8H7BrF3N/c1-3(13)4-2-5(10)8(12)6(9)7(4)11/h2-3H,13H2,1H3. The van der Waals surface area contributed by atoms with Gasteiger partial charge in [0.2, 0.25) is 0 Å². The van der Waals surface area contributed by atoms with E-state index in [1.165, 1.54) is 6.92 Å². The van der Waals surface area contributed by atoms with Crippen molar-refractivity contribution in [3.8, 4) is 0 Å². The molecule has 0 saturated carbocycles. The van der Waals surface area contributed by atoms with Crippen molar-refractivity contribution in [3.05, 3.63) is 33.6 Å². The molecule has 0 aromatic heterocycles. The fraction of sp³-hybridized carbons (Fsp3) is 0.250. The van der Waals surface area contributed by atoms with Crippen molar-refractivity contribution in [2.45, 2.75) is 13.0 Å². The molecule has 1 aromatic carbocycles. The molecular weight excluding hydrogens is 247 g/mol. The van der Waals surface area contributed by atoms with Gasteiger partial charge in [-0.15, -0.1) is 0 Å². The molecule has 1 unspecified atom stereocenters. The van der Waals surface area contributed by atoms with Gasteiger partial charge in [0.1, 0.15) is 5.82 Å². The summed E-state index contributed by atoms with van der Waals surface area (Å²) in [7, 11) is 0. The van der Waals surface area contributed by atoms with E-state index in [1.807, 2.05) is 0 Å². The van der Waals surface area contributed by atoms with Gasteiger partial charge in [0.15, 0.2) is 11.6 Å². The lowest BCUT2D eigenvalue weighted by molar-refractivity contribution is 0.479. The van der Waals surface area contributed by atoms with E-state index in [0.717, 1.165) is 6.07 Å². The molecule has 13 heavy (non-hydrogen) atoms. The third kappa shape index (κ3) is 1.86. The van der Waals surface area contributed by atoms with Gasteiger partial charge >= 0.3 is 0 Å². The smallest absolute Gasteiger partial charge is 0.175 e. The molecule has 0 amide bonds. The average molecular weight is 254 g/mol. The van der Waals surface area contributed by atoms with Crippen molar-refractivity contribution < 1.29 is 13.2 Å². The van der Waals surface area contributed by atoms with Crippen LogP contribution in [0.2, 0.25) is 0 Å². The molecule has 5 heteroatoms. The van der Waals surface area contributed by atoms with Crippen molar-refractivity contribution in [1.29, 1.82) is 0 Å². The minimum Gasteiger partial charge on any atom is -0.324 e. The number of nitrogens with two attached hydrogens (primary N) is 1. The summed E-state index contributed by atoms with van der Waals surface area (Å²) < 4.78 is 38.1.